The fourth-order valence-corrected chi connectivity index (χ4v) is 2.87. The summed E-state index contributed by atoms with van der Waals surface area (Å²) in [4.78, 5) is 24.9. The summed E-state index contributed by atoms with van der Waals surface area (Å²) in [5.74, 6) is 0.731. The maximum absolute atomic E-state index is 12.5. The molecular weight excluding hydrogens is 368 g/mol. The second kappa shape index (κ2) is 6.62. The van der Waals surface area contributed by atoms with Crippen LogP contribution in [-0.4, -0.2) is 47.0 Å². The van der Waals surface area contributed by atoms with Crippen molar-refractivity contribution in [3.63, 3.8) is 0 Å². The minimum atomic E-state index is 0.0194. The van der Waals surface area contributed by atoms with E-state index in [0.717, 1.165) is 17.6 Å². The molecule has 1 amide bonds. The first-order valence-electron chi connectivity index (χ1n) is 6.91. The Balaban J connectivity index is 1.66. The quantitative estimate of drug-likeness (QED) is 0.802. The molecule has 5 nitrogen and oxygen atoms in total. The Morgan fingerprint density at radius 3 is 2.45 bits per heavy atom. The monoisotopic (exact) mass is 380 g/mol. The van der Waals surface area contributed by atoms with E-state index in [1.165, 1.54) is 0 Å². The number of halogens is 2. The third kappa shape index (κ3) is 3.23. The van der Waals surface area contributed by atoms with Crippen LogP contribution in [0.3, 0.4) is 0 Å². The van der Waals surface area contributed by atoms with Crippen LogP contribution in [0.5, 0.6) is 0 Å². The predicted molar refractivity (Wildman–Crippen MR) is 89.3 cm³/mol. The second-order valence-corrected chi connectivity index (χ2v) is 6.22. The minimum Gasteiger partial charge on any atom is -0.337 e. The van der Waals surface area contributed by atoms with Gasteiger partial charge in [0.1, 0.15) is 0 Å². The van der Waals surface area contributed by atoms with Crippen LogP contribution in [-0.2, 0) is 0 Å². The lowest BCUT2D eigenvalue weighted by atomic mass is 10.2. The van der Waals surface area contributed by atoms with Crippen LogP contribution in [0.2, 0.25) is 5.02 Å². The van der Waals surface area contributed by atoms with Gasteiger partial charge in [-0.15, -0.1) is 0 Å². The van der Waals surface area contributed by atoms with Crippen molar-refractivity contribution in [1.29, 1.82) is 0 Å². The molecule has 0 bridgehead atoms. The van der Waals surface area contributed by atoms with Crippen molar-refractivity contribution in [2.45, 2.75) is 0 Å². The second-order valence-electron chi connectivity index (χ2n) is 4.96. The van der Waals surface area contributed by atoms with Gasteiger partial charge < -0.3 is 9.80 Å². The minimum absolute atomic E-state index is 0.0194. The number of rotatable bonds is 2. The Hall–Kier alpha value is -1.66. The van der Waals surface area contributed by atoms with E-state index in [2.05, 4.69) is 30.8 Å². The SMILES string of the molecule is O=C(c1ccc(Cl)c(Br)c1)N1CCN(c2ncccn2)CC1. The van der Waals surface area contributed by atoms with E-state index in [1.54, 1.807) is 36.7 Å². The van der Waals surface area contributed by atoms with E-state index >= 15 is 0 Å². The van der Waals surface area contributed by atoms with Gasteiger partial charge in [-0.25, -0.2) is 9.97 Å². The summed E-state index contributed by atoms with van der Waals surface area (Å²) in [7, 11) is 0. The van der Waals surface area contributed by atoms with Gasteiger partial charge in [-0.05, 0) is 40.2 Å². The molecular formula is C15H14BrClN4O. The van der Waals surface area contributed by atoms with Crippen LogP contribution < -0.4 is 4.90 Å². The van der Waals surface area contributed by atoms with Gasteiger partial charge in [-0.2, -0.15) is 0 Å². The Labute approximate surface area is 142 Å². The Morgan fingerprint density at radius 2 is 1.82 bits per heavy atom. The molecule has 0 spiro atoms. The number of nitrogens with zero attached hydrogens (tertiary/aromatic N) is 4. The zero-order chi connectivity index (χ0) is 15.5. The van der Waals surface area contributed by atoms with Gasteiger partial charge in [0.25, 0.3) is 5.91 Å². The molecule has 22 heavy (non-hydrogen) atoms. The molecule has 0 radical (unpaired) electrons. The van der Waals surface area contributed by atoms with E-state index in [4.69, 9.17) is 11.6 Å². The maximum atomic E-state index is 12.5. The molecule has 7 heteroatoms. The number of carbonyl (C=O) groups excluding carboxylic acids is 1. The molecule has 1 fully saturated rings. The van der Waals surface area contributed by atoms with Gasteiger partial charge in [0.15, 0.2) is 0 Å². The Morgan fingerprint density at radius 1 is 1.14 bits per heavy atom. The zero-order valence-corrected chi connectivity index (χ0v) is 14.1. The molecule has 114 valence electrons. The van der Waals surface area contributed by atoms with Crippen LogP contribution in [0, 0.1) is 0 Å². The van der Waals surface area contributed by atoms with E-state index in [9.17, 15) is 4.79 Å². The van der Waals surface area contributed by atoms with Crippen molar-refractivity contribution in [3.05, 3.63) is 51.7 Å². The third-order valence-electron chi connectivity index (χ3n) is 3.57. The molecule has 1 aliphatic rings. The Kier molecular flexibility index (Phi) is 4.59. The van der Waals surface area contributed by atoms with Gasteiger partial charge in [-0.3, -0.25) is 4.79 Å². The molecule has 2 heterocycles. The largest absolute Gasteiger partial charge is 0.337 e. The molecule has 1 saturated heterocycles. The van der Waals surface area contributed by atoms with Crippen molar-refractivity contribution < 1.29 is 4.79 Å². The molecule has 0 aliphatic carbocycles. The fraction of sp³-hybridized carbons (Fsp3) is 0.267. The molecule has 1 aliphatic heterocycles. The fourth-order valence-electron chi connectivity index (χ4n) is 2.38. The van der Waals surface area contributed by atoms with Crippen molar-refractivity contribution in [2.24, 2.45) is 0 Å². The van der Waals surface area contributed by atoms with Crippen LogP contribution in [0.25, 0.3) is 0 Å². The summed E-state index contributed by atoms with van der Waals surface area (Å²) < 4.78 is 0.733. The molecule has 2 aromatic rings. The summed E-state index contributed by atoms with van der Waals surface area (Å²) >= 11 is 9.32. The van der Waals surface area contributed by atoms with Crippen molar-refractivity contribution in [1.82, 2.24) is 14.9 Å². The van der Waals surface area contributed by atoms with Crippen molar-refractivity contribution >= 4 is 39.4 Å². The number of piperazine rings is 1. The van der Waals surface area contributed by atoms with Crippen LogP contribution in [0.15, 0.2) is 41.1 Å². The molecule has 0 N–H and O–H groups in total. The highest BCUT2D eigenvalue weighted by Gasteiger charge is 2.23. The Bertz CT molecular complexity index is 674. The molecule has 0 atom stereocenters. The lowest BCUT2D eigenvalue weighted by molar-refractivity contribution is 0.0746. The lowest BCUT2D eigenvalue weighted by Crippen LogP contribution is -2.49. The van der Waals surface area contributed by atoms with Gasteiger partial charge >= 0.3 is 0 Å². The number of carbonyl (C=O) groups is 1. The van der Waals surface area contributed by atoms with Crippen LogP contribution in [0.4, 0.5) is 5.95 Å². The topological polar surface area (TPSA) is 49.3 Å². The summed E-state index contributed by atoms with van der Waals surface area (Å²) in [6.45, 7) is 2.75. The highest BCUT2D eigenvalue weighted by Crippen LogP contribution is 2.24. The predicted octanol–water partition coefficient (Wildman–Crippen LogP) is 2.85. The number of amides is 1. The average Bonchev–Trinajstić information content (AvgIpc) is 2.58. The summed E-state index contributed by atoms with van der Waals surface area (Å²) in [5, 5.41) is 0.600. The molecule has 0 unspecified atom stereocenters. The van der Waals surface area contributed by atoms with Crippen molar-refractivity contribution in [3.8, 4) is 0 Å². The van der Waals surface area contributed by atoms with Crippen LogP contribution in [0.1, 0.15) is 10.4 Å². The standard InChI is InChI=1S/C15H14BrClN4O/c16-12-10-11(2-3-13(12)17)14(22)20-6-8-21(9-7-20)15-18-4-1-5-19-15/h1-5,10H,6-9H2. The maximum Gasteiger partial charge on any atom is 0.254 e. The van der Waals surface area contributed by atoms with Gasteiger partial charge in [0.05, 0.1) is 5.02 Å². The lowest BCUT2D eigenvalue weighted by Gasteiger charge is -2.34. The summed E-state index contributed by atoms with van der Waals surface area (Å²) in [6.07, 6.45) is 3.45. The van der Waals surface area contributed by atoms with E-state index < -0.39 is 0 Å². The molecule has 1 aromatic heterocycles. The van der Waals surface area contributed by atoms with E-state index in [-0.39, 0.29) is 5.91 Å². The first-order valence-corrected chi connectivity index (χ1v) is 8.08. The first kappa shape index (κ1) is 15.2. The molecule has 1 aromatic carbocycles. The van der Waals surface area contributed by atoms with Gasteiger partial charge in [-0.1, -0.05) is 11.6 Å². The summed E-state index contributed by atoms with van der Waals surface area (Å²) in [5.41, 5.74) is 0.640. The normalized spacial score (nSPS) is 15.0. The number of hydrogen-bond donors (Lipinski definition) is 0. The highest BCUT2D eigenvalue weighted by atomic mass is 79.9. The van der Waals surface area contributed by atoms with E-state index in [0.29, 0.717) is 29.6 Å². The summed E-state index contributed by atoms with van der Waals surface area (Å²) in [6, 6.07) is 7.04. The van der Waals surface area contributed by atoms with Crippen molar-refractivity contribution in [2.75, 3.05) is 31.1 Å². The number of aromatic nitrogens is 2. The van der Waals surface area contributed by atoms with Gasteiger partial charge in [0.2, 0.25) is 5.95 Å². The highest BCUT2D eigenvalue weighted by molar-refractivity contribution is 9.10. The zero-order valence-electron chi connectivity index (χ0n) is 11.7. The average molecular weight is 382 g/mol. The molecule has 3 rings (SSSR count). The molecule has 0 saturated carbocycles. The van der Waals surface area contributed by atoms with E-state index in [1.807, 2.05) is 4.90 Å². The smallest absolute Gasteiger partial charge is 0.254 e. The number of anilines is 1. The third-order valence-corrected chi connectivity index (χ3v) is 4.78. The first-order chi connectivity index (χ1) is 10.6. The van der Waals surface area contributed by atoms with Gasteiger partial charge in [0, 0.05) is 48.6 Å². The number of benzene rings is 1. The van der Waals surface area contributed by atoms with Crippen LogP contribution >= 0.6 is 27.5 Å². The number of hydrogen-bond acceptors (Lipinski definition) is 4.